The molecule has 0 aromatic heterocycles. The van der Waals surface area contributed by atoms with Crippen molar-refractivity contribution in [3.63, 3.8) is 0 Å². The highest BCUT2D eigenvalue weighted by atomic mass is 79.9. The first-order valence-corrected chi connectivity index (χ1v) is 12.9. The van der Waals surface area contributed by atoms with Gasteiger partial charge in [0, 0.05) is 36.0 Å². The van der Waals surface area contributed by atoms with Crippen LogP contribution in [0.4, 0.5) is 5.69 Å². The largest absolute Gasteiger partial charge is 0.382 e. The van der Waals surface area contributed by atoms with Crippen molar-refractivity contribution < 1.29 is 13.2 Å². The molecule has 6 nitrogen and oxygen atoms in total. The summed E-state index contributed by atoms with van der Waals surface area (Å²) in [5.74, 6) is 0. The summed E-state index contributed by atoms with van der Waals surface area (Å²) in [5.41, 5.74) is 1.00. The third-order valence-corrected chi connectivity index (χ3v) is 8.72. The number of halogens is 1. The van der Waals surface area contributed by atoms with Gasteiger partial charge in [-0.2, -0.15) is 0 Å². The third-order valence-electron chi connectivity index (χ3n) is 6.34. The van der Waals surface area contributed by atoms with Gasteiger partial charge in [-0.25, -0.2) is 13.1 Å². The fourth-order valence-electron chi connectivity index (χ4n) is 4.15. The Morgan fingerprint density at radius 2 is 2.00 bits per heavy atom. The zero-order chi connectivity index (χ0) is 20.9. The van der Waals surface area contributed by atoms with E-state index in [9.17, 15) is 8.42 Å². The minimum Gasteiger partial charge on any atom is -0.382 e. The third kappa shape index (κ3) is 6.17. The van der Waals surface area contributed by atoms with Crippen LogP contribution in [0.3, 0.4) is 0 Å². The highest BCUT2D eigenvalue weighted by Crippen LogP contribution is 2.43. The standard InChI is InChI=1S/C21H34BrN3O3S/c1-3-28-14-11-21(9-4-10-21)16-23-29(26,27)20-6-5-18(15-19(20)22)24-17-7-12-25(2)13-8-17/h5-6,15,17,23-24H,3-4,7-14,16H2,1-2H3. The minimum atomic E-state index is -3.56. The molecule has 1 heterocycles. The van der Waals surface area contributed by atoms with Gasteiger partial charge in [-0.1, -0.05) is 6.42 Å². The molecule has 1 aromatic rings. The molecular formula is C21H34BrN3O3S. The molecule has 0 amide bonds. The van der Waals surface area contributed by atoms with Crippen LogP contribution in [-0.4, -0.2) is 59.3 Å². The number of hydrogen-bond donors (Lipinski definition) is 2. The fraction of sp³-hybridized carbons (Fsp3) is 0.714. The van der Waals surface area contributed by atoms with Crippen molar-refractivity contribution in [2.75, 3.05) is 45.2 Å². The molecule has 1 saturated heterocycles. The Balaban J connectivity index is 1.59. The van der Waals surface area contributed by atoms with Crippen molar-refractivity contribution in [3.05, 3.63) is 22.7 Å². The Morgan fingerprint density at radius 1 is 1.28 bits per heavy atom. The molecule has 0 bridgehead atoms. The Labute approximate surface area is 183 Å². The van der Waals surface area contributed by atoms with Crippen LogP contribution >= 0.6 is 15.9 Å². The molecule has 2 N–H and O–H groups in total. The lowest BCUT2D eigenvalue weighted by molar-refractivity contribution is 0.0579. The Hall–Kier alpha value is -0.670. The van der Waals surface area contributed by atoms with Crippen LogP contribution in [0.1, 0.15) is 45.4 Å². The number of ether oxygens (including phenoxy) is 1. The van der Waals surface area contributed by atoms with Gasteiger partial charge >= 0.3 is 0 Å². The van der Waals surface area contributed by atoms with Crippen LogP contribution in [0.2, 0.25) is 0 Å². The number of sulfonamides is 1. The maximum absolute atomic E-state index is 12.9. The van der Waals surface area contributed by atoms with Gasteiger partial charge in [0.15, 0.2) is 0 Å². The summed E-state index contributed by atoms with van der Waals surface area (Å²) in [5, 5.41) is 3.54. The quantitative estimate of drug-likeness (QED) is 0.490. The van der Waals surface area contributed by atoms with Gasteiger partial charge in [0.05, 0.1) is 4.90 Å². The number of rotatable bonds is 10. The summed E-state index contributed by atoms with van der Waals surface area (Å²) >= 11 is 3.47. The lowest BCUT2D eigenvalue weighted by atomic mass is 9.67. The molecule has 0 unspecified atom stereocenters. The van der Waals surface area contributed by atoms with E-state index in [0.29, 0.717) is 35.2 Å². The Bertz CT molecular complexity index is 775. The van der Waals surface area contributed by atoms with Crippen LogP contribution in [-0.2, 0) is 14.8 Å². The van der Waals surface area contributed by atoms with Gasteiger partial charge < -0.3 is 15.0 Å². The average Bonchev–Trinajstić information content (AvgIpc) is 2.65. The van der Waals surface area contributed by atoms with E-state index >= 15 is 0 Å². The normalized spacial score (nSPS) is 20.4. The fourth-order valence-corrected chi connectivity index (χ4v) is 6.38. The summed E-state index contributed by atoms with van der Waals surface area (Å²) in [4.78, 5) is 2.63. The van der Waals surface area contributed by atoms with Gasteiger partial charge in [0.25, 0.3) is 0 Å². The Kier molecular flexibility index (Phi) is 8.00. The van der Waals surface area contributed by atoms with Gasteiger partial charge in [-0.05, 0) is 98.7 Å². The minimum absolute atomic E-state index is 0.0460. The SMILES string of the molecule is CCOCCC1(CNS(=O)(=O)c2ccc(NC3CCN(C)CC3)cc2Br)CCC1. The molecule has 164 valence electrons. The highest BCUT2D eigenvalue weighted by molar-refractivity contribution is 9.10. The smallest absolute Gasteiger partial charge is 0.241 e. The molecular weight excluding hydrogens is 454 g/mol. The predicted octanol–water partition coefficient (Wildman–Crippen LogP) is 3.83. The van der Waals surface area contributed by atoms with Gasteiger partial charge in [-0.3, -0.25) is 0 Å². The maximum atomic E-state index is 12.9. The summed E-state index contributed by atoms with van der Waals surface area (Å²) < 4.78 is 34.8. The van der Waals surface area contributed by atoms with Crippen molar-refractivity contribution >= 4 is 31.6 Å². The maximum Gasteiger partial charge on any atom is 0.241 e. The van der Waals surface area contributed by atoms with Crippen LogP contribution in [0.5, 0.6) is 0 Å². The highest BCUT2D eigenvalue weighted by Gasteiger charge is 2.37. The molecule has 1 aromatic carbocycles. The summed E-state index contributed by atoms with van der Waals surface area (Å²) in [7, 11) is -1.42. The molecule has 1 saturated carbocycles. The van der Waals surface area contributed by atoms with Crippen LogP contribution in [0.25, 0.3) is 0 Å². The molecule has 0 spiro atoms. The second kappa shape index (κ2) is 10.1. The second-order valence-electron chi connectivity index (χ2n) is 8.49. The summed E-state index contributed by atoms with van der Waals surface area (Å²) in [6.07, 6.45) is 6.38. The molecule has 2 aliphatic rings. The number of anilines is 1. The van der Waals surface area contributed by atoms with Crippen molar-refractivity contribution in [2.24, 2.45) is 5.41 Å². The molecule has 0 radical (unpaired) electrons. The lowest BCUT2D eigenvalue weighted by Gasteiger charge is -2.42. The molecule has 3 rings (SSSR count). The monoisotopic (exact) mass is 487 g/mol. The van der Waals surface area contributed by atoms with E-state index in [-0.39, 0.29) is 5.41 Å². The van der Waals surface area contributed by atoms with Crippen LogP contribution < -0.4 is 10.0 Å². The number of hydrogen-bond acceptors (Lipinski definition) is 5. The van der Waals surface area contributed by atoms with Gasteiger partial charge in [-0.15, -0.1) is 0 Å². The summed E-state index contributed by atoms with van der Waals surface area (Å²) in [6, 6.07) is 5.87. The number of benzene rings is 1. The molecule has 8 heteroatoms. The van der Waals surface area contributed by atoms with Crippen molar-refractivity contribution in [1.29, 1.82) is 0 Å². The molecule has 0 atom stereocenters. The topological polar surface area (TPSA) is 70.7 Å². The molecule has 1 aliphatic heterocycles. The van der Waals surface area contributed by atoms with E-state index in [2.05, 4.69) is 37.9 Å². The van der Waals surface area contributed by atoms with Crippen molar-refractivity contribution in [1.82, 2.24) is 9.62 Å². The van der Waals surface area contributed by atoms with E-state index in [4.69, 9.17) is 4.74 Å². The van der Waals surface area contributed by atoms with Crippen LogP contribution in [0.15, 0.2) is 27.6 Å². The van der Waals surface area contributed by atoms with Gasteiger partial charge in [0.2, 0.25) is 10.0 Å². The van der Waals surface area contributed by atoms with E-state index in [1.54, 1.807) is 6.07 Å². The zero-order valence-corrected chi connectivity index (χ0v) is 19.9. The number of piperidine rings is 1. The first-order chi connectivity index (χ1) is 13.8. The van der Waals surface area contributed by atoms with Crippen LogP contribution in [0, 0.1) is 5.41 Å². The zero-order valence-electron chi connectivity index (χ0n) is 17.5. The number of nitrogens with one attached hydrogen (secondary N) is 2. The van der Waals surface area contributed by atoms with Crippen molar-refractivity contribution in [3.8, 4) is 0 Å². The number of likely N-dealkylation sites (tertiary alicyclic amines) is 1. The average molecular weight is 488 g/mol. The molecule has 2 fully saturated rings. The van der Waals surface area contributed by atoms with E-state index in [0.717, 1.165) is 57.3 Å². The van der Waals surface area contributed by atoms with E-state index < -0.39 is 10.0 Å². The van der Waals surface area contributed by atoms with Gasteiger partial charge in [0.1, 0.15) is 0 Å². The first kappa shape index (κ1) is 23.0. The number of nitrogens with zero attached hydrogens (tertiary/aromatic N) is 1. The Morgan fingerprint density at radius 3 is 2.59 bits per heavy atom. The molecule has 1 aliphatic carbocycles. The van der Waals surface area contributed by atoms with Crippen molar-refractivity contribution in [2.45, 2.75) is 56.4 Å². The lowest BCUT2D eigenvalue weighted by Crippen LogP contribution is -2.43. The first-order valence-electron chi connectivity index (χ1n) is 10.7. The summed E-state index contributed by atoms with van der Waals surface area (Å²) in [6.45, 7) is 6.02. The predicted molar refractivity (Wildman–Crippen MR) is 121 cm³/mol. The molecule has 29 heavy (non-hydrogen) atoms. The second-order valence-corrected chi connectivity index (χ2v) is 11.1. The van der Waals surface area contributed by atoms with E-state index in [1.807, 2.05) is 19.1 Å². The van der Waals surface area contributed by atoms with E-state index in [1.165, 1.54) is 0 Å².